The summed E-state index contributed by atoms with van der Waals surface area (Å²) >= 11 is 5.89. The fourth-order valence-electron chi connectivity index (χ4n) is 3.34. The van der Waals surface area contributed by atoms with Gasteiger partial charge in [-0.2, -0.15) is 0 Å². The SMILES string of the molecule is O=C(COc1ccc2cc(-c3ccc(Cl)cc3)c(=O)oc2c1)N[C@@H]1CCS(=O)(=O)C1. The molecule has 1 saturated heterocycles. The molecule has 7 nitrogen and oxygen atoms in total. The average Bonchev–Trinajstić information content (AvgIpc) is 3.04. The van der Waals surface area contributed by atoms with Crippen LogP contribution in [0, 0.1) is 0 Å². The first-order valence-corrected chi connectivity index (χ1v) is 11.5. The highest BCUT2D eigenvalue weighted by Gasteiger charge is 2.28. The highest BCUT2D eigenvalue weighted by Crippen LogP contribution is 2.25. The van der Waals surface area contributed by atoms with Crippen molar-refractivity contribution in [3.63, 3.8) is 0 Å². The Morgan fingerprint density at radius 1 is 1.17 bits per heavy atom. The molecule has 0 saturated carbocycles. The van der Waals surface area contributed by atoms with E-state index in [2.05, 4.69) is 5.32 Å². The van der Waals surface area contributed by atoms with Gasteiger partial charge >= 0.3 is 5.63 Å². The van der Waals surface area contributed by atoms with Crippen LogP contribution in [0.2, 0.25) is 5.02 Å². The molecule has 1 N–H and O–H groups in total. The van der Waals surface area contributed by atoms with Crippen LogP contribution in [-0.4, -0.2) is 38.5 Å². The number of carbonyl (C=O) groups excluding carboxylic acids is 1. The second kappa shape index (κ2) is 8.12. The first-order chi connectivity index (χ1) is 14.3. The van der Waals surface area contributed by atoms with Gasteiger partial charge in [-0.1, -0.05) is 23.7 Å². The molecule has 1 aliphatic rings. The van der Waals surface area contributed by atoms with Crippen LogP contribution >= 0.6 is 11.6 Å². The lowest BCUT2D eigenvalue weighted by Crippen LogP contribution is -2.38. The van der Waals surface area contributed by atoms with Gasteiger partial charge < -0.3 is 14.5 Å². The van der Waals surface area contributed by atoms with Crippen molar-refractivity contribution in [2.45, 2.75) is 12.5 Å². The number of rotatable bonds is 5. The number of nitrogens with one attached hydrogen (secondary N) is 1. The van der Waals surface area contributed by atoms with E-state index >= 15 is 0 Å². The molecule has 30 heavy (non-hydrogen) atoms. The van der Waals surface area contributed by atoms with Gasteiger partial charge in [-0.3, -0.25) is 4.79 Å². The van der Waals surface area contributed by atoms with Crippen molar-refractivity contribution < 1.29 is 22.4 Å². The predicted octanol–water partition coefficient (Wildman–Crippen LogP) is 2.80. The van der Waals surface area contributed by atoms with Gasteiger partial charge in [0.2, 0.25) is 0 Å². The molecule has 9 heteroatoms. The van der Waals surface area contributed by atoms with E-state index in [1.165, 1.54) is 6.07 Å². The predicted molar refractivity (Wildman–Crippen MR) is 114 cm³/mol. The maximum Gasteiger partial charge on any atom is 0.344 e. The van der Waals surface area contributed by atoms with Crippen molar-refractivity contribution in [1.29, 1.82) is 0 Å². The first-order valence-electron chi connectivity index (χ1n) is 9.25. The van der Waals surface area contributed by atoms with Crippen molar-refractivity contribution in [1.82, 2.24) is 5.32 Å². The van der Waals surface area contributed by atoms with E-state index in [1.807, 2.05) is 0 Å². The number of fused-ring (bicyclic) bond motifs is 1. The van der Waals surface area contributed by atoms with Crippen molar-refractivity contribution in [2.24, 2.45) is 0 Å². The third kappa shape index (κ3) is 4.66. The van der Waals surface area contributed by atoms with Gasteiger partial charge in [0.15, 0.2) is 16.4 Å². The maximum atomic E-state index is 12.4. The van der Waals surface area contributed by atoms with Crippen LogP contribution in [0.1, 0.15) is 6.42 Å². The van der Waals surface area contributed by atoms with Gasteiger partial charge in [0.25, 0.3) is 5.91 Å². The minimum Gasteiger partial charge on any atom is -0.484 e. The zero-order valence-electron chi connectivity index (χ0n) is 15.8. The van der Waals surface area contributed by atoms with E-state index in [1.54, 1.807) is 42.5 Å². The van der Waals surface area contributed by atoms with E-state index in [0.717, 1.165) is 0 Å². The van der Waals surface area contributed by atoms with E-state index < -0.39 is 21.4 Å². The highest BCUT2D eigenvalue weighted by molar-refractivity contribution is 7.91. The average molecular weight is 448 g/mol. The van der Waals surface area contributed by atoms with Crippen LogP contribution in [0.25, 0.3) is 22.1 Å². The summed E-state index contributed by atoms with van der Waals surface area (Å²) < 4.78 is 33.8. The molecule has 1 aliphatic heterocycles. The second-order valence-electron chi connectivity index (χ2n) is 7.11. The number of hydrogen-bond donors (Lipinski definition) is 1. The van der Waals surface area contributed by atoms with E-state index in [-0.39, 0.29) is 24.2 Å². The normalized spacial score (nSPS) is 17.7. The molecule has 0 bridgehead atoms. The lowest BCUT2D eigenvalue weighted by atomic mass is 10.1. The molecule has 2 aromatic carbocycles. The summed E-state index contributed by atoms with van der Waals surface area (Å²) in [6.07, 6.45) is 0.408. The lowest BCUT2D eigenvalue weighted by Gasteiger charge is -2.12. The van der Waals surface area contributed by atoms with Gasteiger partial charge in [0.1, 0.15) is 11.3 Å². The number of halogens is 1. The Labute approximate surface area is 177 Å². The van der Waals surface area contributed by atoms with Crippen molar-refractivity contribution in [3.8, 4) is 16.9 Å². The molecule has 0 aliphatic carbocycles. The number of hydrogen-bond acceptors (Lipinski definition) is 6. The van der Waals surface area contributed by atoms with Crippen molar-refractivity contribution in [2.75, 3.05) is 18.1 Å². The summed E-state index contributed by atoms with van der Waals surface area (Å²) in [7, 11) is -3.07. The standard InChI is InChI=1S/C21H18ClNO6S/c22-15-4-1-13(2-5-15)18-9-14-3-6-17(10-19(14)29-21(18)25)28-11-20(24)23-16-7-8-30(26,27)12-16/h1-6,9-10,16H,7-8,11-12H2,(H,23,24)/t16-/m1/s1. The number of benzene rings is 2. The number of amides is 1. The van der Waals surface area contributed by atoms with E-state index in [0.29, 0.717) is 39.3 Å². The molecule has 156 valence electrons. The molecule has 0 unspecified atom stereocenters. The summed E-state index contributed by atoms with van der Waals surface area (Å²) in [5.41, 5.74) is 0.944. The van der Waals surface area contributed by atoms with Gasteiger partial charge in [-0.05, 0) is 42.3 Å². The number of sulfone groups is 1. The Hall–Kier alpha value is -2.84. The Kier molecular flexibility index (Phi) is 5.53. The summed E-state index contributed by atoms with van der Waals surface area (Å²) in [6.45, 7) is -0.269. The maximum absolute atomic E-state index is 12.4. The quantitative estimate of drug-likeness (QED) is 0.603. The van der Waals surface area contributed by atoms with Crippen LogP contribution in [0.15, 0.2) is 57.7 Å². The molecule has 1 aromatic heterocycles. The van der Waals surface area contributed by atoms with Gasteiger partial charge in [0, 0.05) is 22.5 Å². The smallest absolute Gasteiger partial charge is 0.344 e. The number of ether oxygens (including phenoxy) is 1. The van der Waals surface area contributed by atoms with Crippen LogP contribution in [0.4, 0.5) is 0 Å². The number of carbonyl (C=O) groups is 1. The van der Waals surface area contributed by atoms with Crippen LogP contribution < -0.4 is 15.7 Å². The zero-order valence-corrected chi connectivity index (χ0v) is 17.3. The molecule has 2 heterocycles. The molecule has 1 atom stereocenters. The fourth-order valence-corrected chi connectivity index (χ4v) is 5.14. The monoisotopic (exact) mass is 447 g/mol. The minimum absolute atomic E-state index is 0.0458. The lowest BCUT2D eigenvalue weighted by molar-refractivity contribution is -0.123. The molecular weight excluding hydrogens is 430 g/mol. The minimum atomic E-state index is -3.07. The third-order valence-electron chi connectivity index (χ3n) is 4.83. The summed E-state index contributed by atoms with van der Waals surface area (Å²) in [6, 6.07) is 13.2. The Morgan fingerprint density at radius 3 is 2.63 bits per heavy atom. The third-order valence-corrected chi connectivity index (χ3v) is 6.85. The van der Waals surface area contributed by atoms with E-state index in [4.69, 9.17) is 20.8 Å². The van der Waals surface area contributed by atoms with Crippen molar-refractivity contribution >= 4 is 38.3 Å². The first kappa shape index (κ1) is 20.4. The molecule has 1 amide bonds. The van der Waals surface area contributed by atoms with Crippen LogP contribution in [0.3, 0.4) is 0 Å². The summed E-state index contributed by atoms with van der Waals surface area (Å²) in [4.78, 5) is 24.4. The Balaban J connectivity index is 1.46. The topological polar surface area (TPSA) is 103 Å². The van der Waals surface area contributed by atoms with Gasteiger partial charge in [-0.15, -0.1) is 0 Å². The second-order valence-corrected chi connectivity index (χ2v) is 9.78. The Morgan fingerprint density at radius 2 is 1.93 bits per heavy atom. The zero-order chi connectivity index (χ0) is 21.3. The van der Waals surface area contributed by atoms with Crippen LogP contribution in [-0.2, 0) is 14.6 Å². The van der Waals surface area contributed by atoms with E-state index in [9.17, 15) is 18.0 Å². The molecule has 0 radical (unpaired) electrons. The molecule has 0 spiro atoms. The molecule has 3 aromatic rings. The van der Waals surface area contributed by atoms with Crippen molar-refractivity contribution in [3.05, 3.63) is 64.0 Å². The van der Waals surface area contributed by atoms with Gasteiger partial charge in [0.05, 0.1) is 17.1 Å². The Bertz CT molecular complexity index is 1270. The largest absolute Gasteiger partial charge is 0.484 e. The fraction of sp³-hybridized carbons (Fsp3) is 0.238. The highest BCUT2D eigenvalue weighted by atomic mass is 35.5. The molecule has 1 fully saturated rings. The van der Waals surface area contributed by atoms with Gasteiger partial charge in [-0.25, -0.2) is 13.2 Å². The molecular formula is C21H18ClNO6S. The van der Waals surface area contributed by atoms with Crippen LogP contribution in [0.5, 0.6) is 5.75 Å². The summed E-state index contributed by atoms with van der Waals surface area (Å²) in [5, 5.41) is 3.93. The molecule has 4 rings (SSSR count). The summed E-state index contributed by atoms with van der Waals surface area (Å²) in [5.74, 6) is -0.00750.